The largest absolute Gasteiger partial charge is 0.493 e. The van der Waals surface area contributed by atoms with E-state index in [-0.39, 0.29) is 23.7 Å². The van der Waals surface area contributed by atoms with Crippen LogP contribution < -0.4 is 24.6 Å². The quantitative estimate of drug-likeness (QED) is 0.542. The van der Waals surface area contributed by atoms with Gasteiger partial charge in [-0.15, -0.1) is 0 Å². The number of amides is 1. The molecule has 2 aliphatic rings. The molecule has 1 saturated heterocycles. The van der Waals surface area contributed by atoms with Crippen molar-refractivity contribution < 1.29 is 18.7 Å². The molecule has 6 nitrogen and oxygen atoms in total. The van der Waals surface area contributed by atoms with E-state index in [1.165, 1.54) is 17.3 Å². The molecule has 1 fully saturated rings. The molecule has 1 N–H and O–H groups in total. The zero-order valence-electron chi connectivity index (χ0n) is 20.7. The highest BCUT2D eigenvalue weighted by atomic mass is 19.1. The van der Waals surface area contributed by atoms with Crippen molar-refractivity contribution in [3.63, 3.8) is 0 Å². The van der Waals surface area contributed by atoms with Gasteiger partial charge in [-0.3, -0.25) is 4.79 Å². The summed E-state index contributed by atoms with van der Waals surface area (Å²) in [7, 11) is 3.23. The Hall–Kier alpha value is -3.74. The van der Waals surface area contributed by atoms with Crippen LogP contribution >= 0.6 is 0 Å². The predicted octanol–water partition coefficient (Wildman–Crippen LogP) is 4.07. The van der Waals surface area contributed by atoms with Gasteiger partial charge < -0.3 is 24.6 Å². The van der Waals surface area contributed by atoms with Gasteiger partial charge in [-0.1, -0.05) is 36.4 Å². The molecule has 1 amide bonds. The summed E-state index contributed by atoms with van der Waals surface area (Å²) in [5.74, 6) is 0.951. The molecule has 2 atom stereocenters. The highest BCUT2D eigenvalue weighted by molar-refractivity contribution is 5.82. The van der Waals surface area contributed by atoms with Gasteiger partial charge in [0.05, 0.1) is 31.9 Å². The number of piperazine rings is 1. The fraction of sp³-hybridized carbons (Fsp3) is 0.345. The van der Waals surface area contributed by atoms with Crippen molar-refractivity contribution in [3.8, 4) is 11.5 Å². The maximum Gasteiger partial charge on any atom is 0.225 e. The van der Waals surface area contributed by atoms with E-state index < -0.39 is 0 Å². The Labute approximate surface area is 211 Å². The Balaban J connectivity index is 1.32. The van der Waals surface area contributed by atoms with Crippen LogP contribution in [0.15, 0.2) is 66.7 Å². The van der Waals surface area contributed by atoms with Crippen molar-refractivity contribution in [2.24, 2.45) is 5.92 Å². The lowest BCUT2D eigenvalue weighted by atomic mass is 9.83. The SMILES string of the molecule is COc1ccc(CCNC(=O)[C@@H]2Cc3ccccc3N3CCN(c4ccccc4F)C[C@@H]23)cc1OC. The standard InChI is InChI=1S/C29H32FN3O3/c1-35-27-12-11-20(17-28(27)36-2)13-14-31-29(34)22-18-21-7-3-5-9-24(21)33-16-15-32(19-26(22)33)25-10-6-4-8-23(25)30/h3-12,17,22,26H,13-16,18-19H2,1-2H3,(H,31,34)/t22-,26+/m1/s1. The monoisotopic (exact) mass is 489 g/mol. The number of anilines is 2. The average Bonchev–Trinajstić information content (AvgIpc) is 2.92. The van der Waals surface area contributed by atoms with Crippen LogP contribution in [-0.4, -0.2) is 52.3 Å². The predicted molar refractivity (Wildman–Crippen MR) is 140 cm³/mol. The van der Waals surface area contributed by atoms with E-state index in [2.05, 4.69) is 27.2 Å². The van der Waals surface area contributed by atoms with Crippen LogP contribution in [0.3, 0.4) is 0 Å². The number of carbonyl (C=O) groups is 1. The van der Waals surface area contributed by atoms with Gasteiger partial charge in [-0.05, 0) is 54.3 Å². The first-order chi connectivity index (χ1) is 17.6. The van der Waals surface area contributed by atoms with E-state index in [0.29, 0.717) is 49.7 Å². The second-order valence-corrected chi connectivity index (χ2v) is 9.33. The van der Waals surface area contributed by atoms with Crippen molar-refractivity contribution in [1.29, 1.82) is 0 Å². The van der Waals surface area contributed by atoms with Gasteiger partial charge in [0, 0.05) is 31.9 Å². The normalized spacial score (nSPS) is 18.8. The first kappa shape index (κ1) is 24.0. The number of benzene rings is 3. The summed E-state index contributed by atoms with van der Waals surface area (Å²) < 4.78 is 25.3. The van der Waals surface area contributed by atoms with E-state index in [1.807, 2.05) is 42.5 Å². The fourth-order valence-corrected chi connectivity index (χ4v) is 5.48. The number of carbonyl (C=O) groups excluding carboxylic acids is 1. The molecule has 0 unspecified atom stereocenters. The fourth-order valence-electron chi connectivity index (χ4n) is 5.48. The third kappa shape index (κ3) is 4.70. The third-order valence-electron chi connectivity index (χ3n) is 7.31. The van der Waals surface area contributed by atoms with Crippen molar-refractivity contribution in [2.45, 2.75) is 18.9 Å². The molecule has 0 spiro atoms. The number of para-hydroxylation sites is 2. The van der Waals surface area contributed by atoms with Crippen LogP contribution in [0.4, 0.5) is 15.8 Å². The summed E-state index contributed by atoms with van der Waals surface area (Å²) in [4.78, 5) is 17.9. The van der Waals surface area contributed by atoms with Crippen LogP contribution in [0.2, 0.25) is 0 Å². The van der Waals surface area contributed by atoms with Crippen LogP contribution in [-0.2, 0) is 17.6 Å². The van der Waals surface area contributed by atoms with Gasteiger partial charge in [-0.25, -0.2) is 4.39 Å². The minimum atomic E-state index is -0.224. The lowest BCUT2D eigenvalue weighted by molar-refractivity contribution is -0.125. The number of nitrogens with zero attached hydrogens (tertiary/aromatic N) is 2. The average molecular weight is 490 g/mol. The lowest BCUT2D eigenvalue weighted by Crippen LogP contribution is -2.61. The number of rotatable bonds is 7. The molecule has 3 aromatic rings. The summed E-state index contributed by atoms with van der Waals surface area (Å²) in [6.45, 7) is 2.57. The maximum absolute atomic E-state index is 14.6. The van der Waals surface area contributed by atoms with Crippen LogP contribution in [0.25, 0.3) is 0 Å². The zero-order chi connectivity index (χ0) is 25.1. The molecule has 3 aromatic carbocycles. The van der Waals surface area contributed by atoms with Crippen molar-refractivity contribution >= 4 is 17.3 Å². The van der Waals surface area contributed by atoms with Crippen molar-refractivity contribution in [2.75, 3.05) is 50.2 Å². The molecular weight excluding hydrogens is 457 g/mol. The van der Waals surface area contributed by atoms with Gasteiger partial charge >= 0.3 is 0 Å². The van der Waals surface area contributed by atoms with Crippen LogP contribution in [0, 0.1) is 11.7 Å². The van der Waals surface area contributed by atoms with Gasteiger partial charge in [0.15, 0.2) is 11.5 Å². The molecule has 0 saturated carbocycles. The zero-order valence-corrected chi connectivity index (χ0v) is 20.7. The van der Waals surface area contributed by atoms with Crippen molar-refractivity contribution in [1.82, 2.24) is 5.32 Å². The Morgan fingerprint density at radius 2 is 1.72 bits per heavy atom. The van der Waals surface area contributed by atoms with E-state index in [4.69, 9.17) is 9.47 Å². The Bertz CT molecular complexity index is 1230. The topological polar surface area (TPSA) is 54.0 Å². The third-order valence-corrected chi connectivity index (χ3v) is 7.31. The molecule has 7 heteroatoms. The molecule has 0 radical (unpaired) electrons. The summed E-state index contributed by atoms with van der Waals surface area (Å²) in [5, 5.41) is 3.17. The van der Waals surface area contributed by atoms with E-state index >= 15 is 0 Å². The highest BCUT2D eigenvalue weighted by Gasteiger charge is 2.41. The van der Waals surface area contributed by atoms with Gasteiger partial charge in [0.1, 0.15) is 5.82 Å². The minimum absolute atomic E-state index is 0.0330. The number of methoxy groups -OCH3 is 2. The van der Waals surface area contributed by atoms with Crippen molar-refractivity contribution in [3.05, 3.63) is 83.7 Å². The Morgan fingerprint density at radius 3 is 2.50 bits per heavy atom. The van der Waals surface area contributed by atoms with E-state index in [9.17, 15) is 9.18 Å². The minimum Gasteiger partial charge on any atom is -0.493 e. The molecule has 188 valence electrons. The van der Waals surface area contributed by atoms with Gasteiger partial charge in [-0.2, -0.15) is 0 Å². The molecule has 2 aliphatic heterocycles. The number of hydrogen-bond acceptors (Lipinski definition) is 5. The lowest BCUT2D eigenvalue weighted by Gasteiger charge is -2.49. The number of ether oxygens (including phenoxy) is 2. The number of nitrogens with one attached hydrogen (secondary N) is 1. The molecule has 5 rings (SSSR count). The number of fused-ring (bicyclic) bond motifs is 3. The summed E-state index contributed by atoms with van der Waals surface area (Å²) in [6.07, 6.45) is 1.36. The number of halogens is 1. The summed E-state index contributed by atoms with van der Waals surface area (Å²) in [5.41, 5.74) is 4.04. The van der Waals surface area contributed by atoms with Gasteiger partial charge in [0.25, 0.3) is 0 Å². The maximum atomic E-state index is 14.6. The second kappa shape index (κ2) is 10.5. The Morgan fingerprint density at radius 1 is 0.972 bits per heavy atom. The number of hydrogen-bond donors (Lipinski definition) is 1. The van der Waals surface area contributed by atoms with Gasteiger partial charge in [0.2, 0.25) is 5.91 Å². The molecule has 2 heterocycles. The van der Waals surface area contributed by atoms with Crippen LogP contribution in [0.5, 0.6) is 11.5 Å². The molecule has 0 aliphatic carbocycles. The second-order valence-electron chi connectivity index (χ2n) is 9.33. The first-order valence-electron chi connectivity index (χ1n) is 12.4. The Kier molecular flexibility index (Phi) is 6.98. The summed E-state index contributed by atoms with van der Waals surface area (Å²) in [6, 6.07) is 21.0. The van der Waals surface area contributed by atoms with Crippen LogP contribution in [0.1, 0.15) is 11.1 Å². The highest BCUT2D eigenvalue weighted by Crippen LogP contribution is 2.37. The summed E-state index contributed by atoms with van der Waals surface area (Å²) >= 11 is 0. The first-order valence-corrected chi connectivity index (χ1v) is 12.4. The van der Waals surface area contributed by atoms with E-state index in [0.717, 1.165) is 12.1 Å². The smallest absolute Gasteiger partial charge is 0.225 e. The molecule has 0 bridgehead atoms. The molecular formula is C29H32FN3O3. The molecule has 0 aromatic heterocycles. The molecule has 36 heavy (non-hydrogen) atoms. The van der Waals surface area contributed by atoms with E-state index in [1.54, 1.807) is 20.3 Å².